The Morgan fingerprint density at radius 3 is 2.25 bits per heavy atom. The summed E-state index contributed by atoms with van der Waals surface area (Å²) in [6.45, 7) is 0. The van der Waals surface area contributed by atoms with Gasteiger partial charge in [-0.1, -0.05) is 56.4 Å². The van der Waals surface area contributed by atoms with Crippen molar-refractivity contribution in [3.05, 3.63) is 24.3 Å². The van der Waals surface area contributed by atoms with E-state index < -0.39 is 0 Å². The number of rotatable bonds is 7. The minimum absolute atomic E-state index is 0.645. The Labute approximate surface area is 99.6 Å². The number of hydrogen-bond acceptors (Lipinski definition) is 1. The molecule has 90 valence electrons. The van der Waals surface area contributed by atoms with Crippen LogP contribution in [0.25, 0.3) is 0 Å². The van der Waals surface area contributed by atoms with Crippen molar-refractivity contribution in [2.75, 3.05) is 0 Å². The van der Waals surface area contributed by atoms with E-state index in [1.54, 1.807) is 0 Å². The molecule has 0 aromatic rings. The average Bonchev–Trinajstić information content (AvgIpc) is 2.34. The first-order valence-electron chi connectivity index (χ1n) is 6.69. The van der Waals surface area contributed by atoms with E-state index in [4.69, 9.17) is 0 Å². The minimum atomic E-state index is 0.645. The van der Waals surface area contributed by atoms with Crippen molar-refractivity contribution in [2.24, 2.45) is 5.92 Å². The highest BCUT2D eigenvalue weighted by atomic mass is 16.1. The highest BCUT2D eigenvalue weighted by Crippen LogP contribution is 2.27. The van der Waals surface area contributed by atoms with E-state index in [9.17, 15) is 4.79 Å². The molecule has 0 unspecified atom stereocenters. The summed E-state index contributed by atoms with van der Waals surface area (Å²) in [5, 5.41) is 0. The molecule has 0 spiro atoms. The number of allylic oxidation sites excluding steroid dienone is 4. The van der Waals surface area contributed by atoms with Gasteiger partial charge < -0.3 is 4.79 Å². The standard InChI is InChI=1S/C15H24O/c16-14-10-5-3-1-2-4-7-11-15-12-8-6-9-13-15/h1-4,14-15H,5-13H2/b3-1+,4-2+. The Hall–Kier alpha value is -0.850. The number of aldehydes is 1. The quantitative estimate of drug-likeness (QED) is 0.352. The SMILES string of the molecule is O=CCC/C=C/C=C/CCC1CCCCC1. The molecule has 0 radical (unpaired) electrons. The van der Waals surface area contributed by atoms with Gasteiger partial charge in [-0.3, -0.25) is 0 Å². The smallest absolute Gasteiger partial charge is 0.120 e. The number of unbranched alkanes of at least 4 members (excludes halogenated alkanes) is 1. The molecule has 0 bridgehead atoms. The van der Waals surface area contributed by atoms with Crippen LogP contribution in [-0.2, 0) is 4.79 Å². The van der Waals surface area contributed by atoms with Crippen LogP contribution in [0.15, 0.2) is 24.3 Å². The molecule has 0 N–H and O–H groups in total. The second-order valence-electron chi connectivity index (χ2n) is 4.68. The first kappa shape index (κ1) is 13.2. The first-order valence-corrected chi connectivity index (χ1v) is 6.69. The van der Waals surface area contributed by atoms with Crippen molar-refractivity contribution in [2.45, 2.75) is 57.8 Å². The minimum Gasteiger partial charge on any atom is -0.303 e. The molecule has 1 nitrogen and oxygen atoms in total. The molecule has 0 amide bonds. The number of carbonyl (C=O) groups is 1. The van der Waals surface area contributed by atoms with Crippen LogP contribution >= 0.6 is 0 Å². The predicted molar refractivity (Wildman–Crippen MR) is 69.4 cm³/mol. The molecule has 16 heavy (non-hydrogen) atoms. The zero-order chi connectivity index (χ0) is 11.5. The third-order valence-corrected chi connectivity index (χ3v) is 3.30. The van der Waals surface area contributed by atoms with Gasteiger partial charge in [-0.2, -0.15) is 0 Å². The van der Waals surface area contributed by atoms with Crippen LogP contribution in [0, 0.1) is 5.92 Å². The zero-order valence-electron chi connectivity index (χ0n) is 10.2. The predicted octanol–water partition coefficient (Wildman–Crippen LogP) is 4.44. The number of hydrogen-bond donors (Lipinski definition) is 0. The second kappa shape index (κ2) is 9.38. The summed E-state index contributed by atoms with van der Waals surface area (Å²) in [4.78, 5) is 10.1. The van der Waals surface area contributed by atoms with Crippen molar-refractivity contribution in [3.63, 3.8) is 0 Å². The van der Waals surface area contributed by atoms with Crippen LogP contribution in [0.1, 0.15) is 57.8 Å². The summed E-state index contributed by atoms with van der Waals surface area (Å²) in [5.41, 5.74) is 0. The maximum atomic E-state index is 10.1. The lowest BCUT2D eigenvalue weighted by atomic mass is 9.86. The van der Waals surface area contributed by atoms with Crippen LogP contribution in [-0.4, -0.2) is 6.29 Å². The van der Waals surface area contributed by atoms with Gasteiger partial charge in [-0.15, -0.1) is 0 Å². The molecular weight excluding hydrogens is 196 g/mol. The summed E-state index contributed by atoms with van der Waals surface area (Å²) in [6.07, 6.45) is 20.8. The fraction of sp³-hybridized carbons (Fsp3) is 0.667. The van der Waals surface area contributed by atoms with Crippen molar-refractivity contribution in [1.82, 2.24) is 0 Å². The molecule has 0 saturated heterocycles. The highest BCUT2D eigenvalue weighted by Gasteiger charge is 2.11. The lowest BCUT2D eigenvalue weighted by molar-refractivity contribution is -0.107. The molecule has 0 aromatic heterocycles. The van der Waals surface area contributed by atoms with Gasteiger partial charge in [0.15, 0.2) is 0 Å². The molecule has 0 heterocycles. The molecule has 1 saturated carbocycles. The van der Waals surface area contributed by atoms with Crippen LogP contribution in [0.3, 0.4) is 0 Å². The van der Waals surface area contributed by atoms with Crippen LogP contribution in [0.2, 0.25) is 0 Å². The fourth-order valence-corrected chi connectivity index (χ4v) is 2.32. The normalized spacial score (nSPS) is 18.5. The maximum Gasteiger partial charge on any atom is 0.120 e. The van der Waals surface area contributed by atoms with Crippen molar-refractivity contribution in [3.8, 4) is 0 Å². The van der Waals surface area contributed by atoms with E-state index in [1.807, 2.05) is 0 Å². The molecule has 1 aliphatic carbocycles. The Morgan fingerprint density at radius 1 is 0.875 bits per heavy atom. The molecule has 1 fully saturated rings. The molecule has 0 aromatic carbocycles. The lowest BCUT2D eigenvalue weighted by Crippen LogP contribution is -2.05. The van der Waals surface area contributed by atoms with Gasteiger partial charge in [0.05, 0.1) is 0 Å². The van der Waals surface area contributed by atoms with Crippen LogP contribution in [0.5, 0.6) is 0 Å². The second-order valence-corrected chi connectivity index (χ2v) is 4.68. The fourth-order valence-electron chi connectivity index (χ4n) is 2.32. The Morgan fingerprint density at radius 2 is 1.56 bits per heavy atom. The summed E-state index contributed by atoms with van der Waals surface area (Å²) < 4.78 is 0. The first-order chi connectivity index (χ1) is 7.93. The van der Waals surface area contributed by atoms with E-state index in [0.29, 0.717) is 6.42 Å². The van der Waals surface area contributed by atoms with E-state index >= 15 is 0 Å². The molecule has 0 aliphatic heterocycles. The Kier molecular flexibility index (Phi) is 7.75. The van der Waals surface area contributed by atoms with Crippen LogP contribution < -0.4 is 0 Å². The van der Waals surface area contributed by atoms with Crippen molar-refractivity contribution in [1.29, 1.82) is 0 Å². The molecule has 1 rings (SSSR count). The largest absolute Gasteiger partial charge is 0.303 e. The van der Waals surface area contributed by atoms with E-state index in [1.165, 1.54) is 44.9 Å². The van der Waals surface area contributed by atoms with E-state index in [0.717, 1.165) is 18.6 Å². The van der Waals surface area contributed by atoms with Gasteiger partial charge >= 0.3 is 0 Å². The topological polar surface area (TPSA) is 17.1 Å². The summed E-state index contributed by atoms with van der Waals surface area (Å²) in [5.74, 6) is 0.984. The van der Waals surface area contributed by atoms with Gasteiger partial charge in [0.25, 0.3) is 0 Å². The monoisotopic (exact) mass is 220 g/mol. The van der Waals surface area contributed by atoms with Gasteiger partial charge in [0, 0.05) is 6.42 Å². The third-order valence-electron chi connectivity index (χ3n) is 3.30. The van der Waals surface area contributed by atoms with E-state index in [-0.39, 0.29) is 0 Å². The molecule has 1 heteroatoms. The Balaban J connectivity index is 1.98. The van der Waals surface area contributed by atoms with Gasteiger partial charge in [-0.25, -0.2) is 0 Å². The third kappa shape index (κ3) is 6.60. The Bertz CT molecular complexity index is 222. The lowest BCUT2D eigenvalue weighted by Gasteiger charge is -2.20. The zero-order valence-corrected chi connectivity index (χ0v) is 10.2. The maximum absolute atomic E-state index is 10.1. The van der Waals surface area contributed by atoms with Crippen LogP contribution in [0.4, 0.5) is 0 Å². The summed E-state index contributed by atoms with van der Waals surface area (Å²) in [7, 11) is 0. The van der Waals surface area contributed by atoms with Gasteiger partial charge in [0.1, 0.15) is 6.29 Å². The van der Waals surface area contributed by atoms with Crippen molar-refractivity contribution < 1.29 is 4.79 Å². The van der Waals surface area contributed by atoms with Crippen molar-refractivity contribution >= 4 is 6.29 Å². The number of carbonyl (C=O) groups excluding carboxylic acids is 1. The van der Waals surface area contributed by atoms with Gasteiger partial charge in [0.2, 0.25) is 0 Å². The highest BCUT2D eigenvalue weighted by molar-refractivity contribution is 5.49. The molecule has 0 atom stereocenters. The van der Waals surface area contributed by atoms with E-state index in [2.05, 4.69) is 24.3 Å². The molecule has 1 aliphatic rings. The molecular formula is C15H24O. The van der Waals surface area contributed by atoms with Gasteiger partial charge in [-0.05, 0) is 25.2 Å². The average molecular weight is 220 g/mol. The summed E-state index contributed by atoms with van der Waals surface area (Å²) in [6, 6.07) is 0. The summed E-state index contributed by atoms with van der Waals surface area (Å²) >= 11 is 0.